The summed E-state index contributed by atoms with van der Waals surface area (Å²) in [7, 11) is 0. The highest BCUT2D eigenvalue weighted by atomic mass is 19.2. The first-order valence-corrected chi connectivity index (χ1v) is 5.96. The van der Waals surface area contributed by atoms with Gasteiger partial charge >= 0.3 is 0 Å². The SMILES string of the molecule is CCC1(C)NC(=O)CN(c2cccc(F)c2F)C1=O. The van der Waals surface area contributed by atoms with Crippen LogP contribution in [0.2, 0.25) is 0 Å². The van der Waals surface area contributed by atoms with Crippen molar-refractivity contribution in [3.8, 4) is 0 Å². The fourth-order valence-corrected chi connectivity index (χ4v) is 2.05. The summed E-state index contributed by atoms with van der Waals surface area (Å²) in [4.78, 5) is 24.9. The lowest BCUT2D eigenvalue weighted by atomic mass is 9.94. The number of carbonyl (C=O) groups excluding carboxylic acids is 2. The number of rotatable bonds is 2. The van der Waals surface area contributed by atoms with E-state index in [0.717, 1.165) is 11.0 Å². The molecule has 6 heteroatoms. The van der Waals surface area contributed by atoms with Gasteiger partial charge in [-0.15, -0.1) is 0 Å². The Labute approximate surface area is 109 Å². The molecule has 0 spiro atoms. The van der Waals surface area contributed by atoms with Crippen LogP contribution in [-0.4, -0.2) is 23.9 Å². The van der Waals surface area contributed by atoms with Crippen LogP contribution in [0.25, 0.3) is 0 Å². The van der Waals surface area contributed by atoms with Crippen LogP contribution < -0.4 is 10.2 Å². The Morgan fingerprint density at radius 3 is 2.68 bits per heavy atom. The molecule has 2 rings (SSSR count). The van der Waals surface area contributed by atoms with Crippen LogP contribution in [0.1, 0.15) is 20.3 Å². The number of hydrogen-bond acceptors (Lipinski definition) is 2. The van der Waals surface area contributed by atoms with Gasteiger partial charge in [0.2, 0.25) is 5.91 Å². The van der Waals surface area contributed by atoms with Crippen molar-refractivity contribution in [2.45, 2.75) is 25.8 Å². The molecule has 1 heterocycles. The molecule has 1 aromatic rings. The number of hydrogen-bond donors (Lipinski definition) is 1. The van der Waals surface area contributed by atoms with E-state index >= 15 is 0 Å². The van der Waals surface area contributed by atoms with Crippen LogP contribution in [0.5, 0.6) is 0 Å². The van der Waals surface area contributed by atoms with Gasteiger partial charge in [0, 0.05) is 0 Å². The summed E-state index contributed by atoms with van der Waals surface area (Å²) in [5.74, 6) is -3.01. The monoisotopic (exact) mass is 268 g/mol. The number of benzene rings is 1. The highest BCUT2D eigenvalue weighted by molar-refractivity contribution is 6.08. The minimum Gasteiger partial charge on any atom is -0.340 e. The van der Waals surface area contributed by atoms with Crippen molar-refractivity contribution >= 4 is 17.5 Å². The number of nitrogens with zero attached hydrogens (tertiary/aromatic N) is 1. The number of halogens is 2. The number of anilines is 1. The molecule has 1 saturated heterocycles. The summed E-state index contributed by atoms with van der Waals surface area (Å²) in [5, 5.41) is 2.58. The molecule has 19 heavy (non-hydrogen) atoms. The highest BCUT2D eigenvalue weighted by Gasteiger charge is 2.42. The van der Waals surface area contributed by atoms with E-state index in [2.05, 4.69) is 5.32 Å². The highest BCUT2D eigenvalue weighted by Crippen LogP contribution is 2.27. The average Bonchev–Trinajstić information content (AvgIpc) is 2.37. The molecule has 2 amide bonds. The molecule has 1 atom stereocenters. The predicted octanol–water partition coefficient (Wildman–Crippen LogP) is 1.60. The number of amides is 2. The fraction of sp³-hybridized carbons (Fsp3) is 0.385. The average molecular weight is 268 g/mol. The van der Waals surface area contributed by atoms with E-state index in [-0.39, 0.29) is 12.2 Å². The summed E-state index contributed by atoms with van der Waals surface area (Å²) in [6.07, 6.45) is 0.366. The van der Waals surface area contributed by atoms with Crippen molar-refractivity contribution in [1.82, 2.24) is 5.32 Å². The van der Waals surface area contributed by atoms with Gasteiger partial charge in [-0.2, -0.15) is 0 Å². The number of carbonyl (C=O) groups is 2. The van der Waals surface area contributed by atoms with Crippen LogP contribution in [0.3, 0.4) is 0 Å². The van der Waals surface area contributed by atoms with E-state index in [4.69, 9.17) is 0 Å². The van der Waals surface area contributed by atoms with Crippen molar-refractivity contribution in [2.24, 2.45) is 0 Å². The maximum Gasteiger partial charge on any atom is 0.253 e. The second-order valence-corrected chi connectivity index (χ2v) is 4.70. The topological polar surface area (TPSA) is 49.4 Å². The zero-order chi connectivity index (χ0) is 14.2. The second kappa shape index (κ2) is 4.60. The summed E-state index contributed by atoms with van der Waals surface area (Å²) >= 11 is 0. The summed E-state index contributed by atoms with van der Waals surface area (Å²) in [6, 6.07) is 3.55. The van der Waals surface area contributed by atoms with Crippen molar-refractivity contribution < 1.29 is 18.4 Å². The molecule has 0 saturated carbocycles. The number of nitrogens with one attached hydrogen (secondary N) is 1. The van der Waals surface area contributed by atoms with Gasteiger partial charge in [0.1, 0.15) is 12.1 Å². The van der Waals surface area contributed by atoms with E-state index in [9.17, 15) is 18.4 Å². The van der Waals surface area contributed by atoms with Crippen LogP contribution in [0.4, 0.5) is 14.5 Å². The lowest BCUT2D eigenvalue weighted by Gasteiger charge is -2.39. The Balaban J connectivity index is 2.46. The van der Waals surface area contributed by atoms with Crippen LogP contribution in [0, 0.1) is 11.6 Å². The molecule has 1 aliphatic heterocycles. The molecule has 102 valence electrons. The third-order valence-electron chi connectivity index (χ3n) is 3.36. The van der Waals surface area contributed by atoms with Crippen molar-refractivity contribution in [2.75, 3.05) is 11.4 Å². The molecule has 1 fully saturated rings. The molecule has 0 aromatic heterocycles. The quantitative estimate of drug-likeness (QED) is 0.885. The molecule has 0 bridgehead atoms. The van der Waals surface area contributed by atoms with Crippen molar-refractivity contribution in [3.63, 3.8) is 0 Å². The molecular formula is C13H14F2N2O2. The van der Waals surface area contributed by atoms with Gasteiger partial charge in [-0.3, -0.25) is 14.5 Å². The Bertz CT molecular complexity index is 547. The first-order valence-electron chi connectivity index (χ1n) is 5.96. The molecule has 0 radical (unpaired) electrons. The molecule has 1 N–H and O–H groups in total. The van der Waals surface area contributed by atoms with Crippen LogP contribution in [-0.2, 0) is 9.59 Å². The Kier molecular flexibility index (Phi) is 3.26. The Morgan fingerprint density at radius 1 is 1.37 bits per heavy atom. The third-order valence-corrected chi connectivity index (χ3v) is 3.36. The zero-order valence-electron chi connectivity index (χ0n) is 10.7. The minimum atomic E-state index is -1.12. The van der Waals surface area contributed by atoms with Crippen molar-refractivity contribution in [1.29, 1.82) is 0 Å². The summed E-state index contributed by atoms with van der Waals surface area (Å²) in [5.41, 5.74) is -1.30. The Hall–Kier alpha value is -1.98. The lowest BCUT2D eigenvalue weighted by molar-refractivity contribution is -0.135. The standard InChI is InChI=1S/C13H14F2N2O2/c1-3-13(2)12(19)17(7-10(18)16-13)9-6-4-5-8(14)11(9)15/h4-6H,3,7H2,1-2H3,(H,16,18). The van der Waals surface area contributed by atoms with Gasteiger partial charge in [-0.25, -0.2) is 8.78 Å². The van der Waals surface area contributed by atoms with E-state index in [0.29, 0.717) is 6.42 Å². The largest absolute Gasteiger partial charge is 0.340 e. The molecule has 4 nitrogen and oxygen atoms in total. The van der Waals surface area contributed by atoms with Gasteiger partial charge in [0.05, 0.1) is 5.69 Å². The van der Waals surface area contributed by atoms with Gasteiger partial charge in [0.15, 0.2) is 11.6 Å². The maximum atomic E-state index is 13.7. The number of piperazine rings is 1. The molecule has 1 unspecified atom stereocenters. The zero-order valence-corrected chi connectivity index (χ0v) is 10.7. The first kappa shape index (κ1) is 13.5. The molecule has 0 aliphatic carbocycles. The molecule has 1 aromatic carbocycles. The summed E-state index contributed by atoms with van der Waals surface area (Å²) < 4.78 is 27.0. The lowest BCUT2D eigenvalue weighted by Crippen LogP contribution is -2.65. The normalized spacial score (nSPS) is 23.5. The van der Waals surface area contributed by atoms with E-state index < -0.39 is 29.0 Å². The van der Waals surface area contributed by atoms with Gasteiger partial charge in [-0.1, -0.05) is 13.0 Å². The fourth-order valence-electron chi connectivity index (χ4n) is 2.05. The maximum absolute atomic E-state index is 13.7. The van der Waals surface area contributed by atoms with Gasteiger partial charge < -0.3 is 5.32 Å². The third kappa shape index (κ3) is 2.18. The van der Waals surface area contributed by atoms with Crippen LogP contribution >= 0.6 is 0 Å². The minimum absolute atomic E-state index is 0.209. The smallest absolute Gasteiger partial charge is 0.253 e. The second-order valence-electron chi connectivity index (χ2n) is 4.70. The van der Waals surface area contributed by atoms with Crippen LogP contribution in [0.15, 0.2) is 18.2 Å². The van der Waals surface area contributed by atoms with E-state index in [1.54, 1.807) is 13.8 Å². The van der Waals surface area contributed by atoms with Crippen molar-refractivity contribution in [3.05, 3.63) is 29.8 Å². The Morgan fingerprint density at radius 2 is 2.05 bits per heavy atom. The van der Waals surface area contributed by atoms with Gasteiger partial charge in [0.25, 0.3) is 5.91 Å². The predicted molar refractivity (Wildman–Crippen MR) is 65.5 cm³/mol. The van der Waals surface area contributed by atoms with E-state index in [1.165, 1.54) is 12.1 Å². The van der Waals surface area contributed by atoms with Gasteiger partial charge in [-0.05, 0) is 25.5 Å². The molecule has 1 aliphatic rings. The summed E-state index contributed by atoms with van der Waals surface area (Å²) in [6.45, 7) is 3.00. The molecular weight excluding hydrogens is 254 g/mol. The first-order chi connectivity index (χ1) is 8.89. The van der Waals surface area contributed by atoms with E-state index in [1.807, 2.05) is 0 Å².